The summed E-state index contributed by atoms with van der Waals surface area (Å²) in [5, 5.41) is 7.22. The molecule has 2 aliphatic heterocycles. The molecule has 3 heterocycles. The molecule has 2 saturated heterocycles. The Balaban J connectivity index is 1.40. The first-order valence-electron chi connectivity index (χ1n) is 11.7. The van der Waals surface area contributed by atoms with Crippen molar-refractivity contribution in [1.29, 1.82) is 0 Å². The van der Waals surface area contributed by atoms with Crippen LogP contribution in [0.25, 0.3) is 11.4 Å². The molecule has 10 nitrogen and oxygen atoms in total. The van der Waals surface area contributed by atoms with E-state index in [4.69, 9.17) is 30.3 Å². The summed E-state index contributed by atoms with van der Waals surface area (Å²) in [4.78, 5) is 30.7. The summed E-state index contributed by atoms with van der Waals surface area (Å²) < 4.78 is 36.8. The predicted octanol–water partition coefficient (Wildman–Crippen LogP) is 3.97. The van der Waals surface area contributed by atoms with Crippen LogP contribution in [0.2, 0.25) is 5.02 Å². The van der Waals surface area contributed by atoms with E-state index < -0.39 is 11.7 Å². The first-order valence-corrected chi connectivity index (χ1v) is 12.1. The summed E-state index contributed by atoms with van der Waals surface area (Å²) in [6, 6.07) is 9.36. The number of piperidine rings is 1. The molecule has 37 heavy (non-hydrogen) atoms. The topological polar surface area (TPSA) is 116 Å². The quantitative estimate of drug-likeness (QED) is 0.465. The number of cyclic esters (lactones) is 1. The summed E-state index contributed by atoms with van der Waals surface area (Å²) in [7, 11) is 1.49. The minimum atomic E-state index is -0.765. The van der Waals surface area contributed by atoms with E-state index in [9.17, 15) is 9.59 Å². The largest absolute Gasteiger partial charge is 0.489 e. The molecule has 5 rings (SSSR count). The van der Waals surface area contributed by atoms with Crippen LogP contribution in [0.1, 0.15) is 34.7 Å². The highest BCUT2D eigenvalue weighted by Gasteiger charge is 2.39. The zero-order valence-electron chi connectivity index (χ0n) is 19.9. The van der Waals surface area contributed by atoms with Crippen LogP contribution in [0, 0.1) is 5.82 Å². The molecular formula is C25H24ClFN4O6. The average Bonchev–Trinajstić information content (AvgIpc) is 3.51. The number of nitrogens with one attached hydrogen (secondary N) is 1. The smallest absolute Gasteiger partial charge is 0.410 e. The lowest BCUT2D eigenvalue weighted by Gasteiger charge is -2.32. The highest BCUT2D eigenvalue weighted by atomic mass is 35.5. The van der Waals surface area contributed by atoms with Crippen molar-refractivity contribution in [2.75, 3.05) is 20.3 Å². The van der Waals surface area contributed by atoms with Crippen LogP contribution in [0.3, 0.4) is 0 Å². The summed E-state index contributed by atoms with van der Waals surface area (Å²) in [5.41, 5.74) is 0.855. The van der Waals surface area contributed by atoms with Crippen molar-refractivity contribution in [3.05, 3.63) is 64.3 Å². The number of nitrogens with zero attached hydrogens (tertiary/aromatic N) is 3. The Hall–Kier alpha value is -3.70. The van der Waals surface area contributed by atoms with Gasteiger partial charge in [-0.05, 0) is 29.8 Å². The van der Waals surface area contributed by atoms with E-state index in [1.165, 1.54) is 13.2 Å². The van der Waals surface area contributed by atoms with Gasteiger partial charge in [0, 0.05) is 38.1 Å². The molecule has 1 N–H and O–H groups in total. The number of aromatic nitrogens is 2. The van der Waals surface area contributed by atoms with Gasteiger partial charge in [0.1, 0.15) is 30.9 Å². The van der Waals surface area contributed by atoms with Gasteiger partial charge in [-0.15, -0.1) is 0 Å². The second-order valence-electron chi connectivity index (χ2n) is 8.77. The van der Waals surface area contributed by atoms with E-state index >= 15 is 4.39 Å². The Morgan fingerprint density at radius 1 is 1.30 bits per heavy atom. The zero-order chi connectivity index (χ0) is 25.9. The SMILES string of the molecule is COCc1nc(-c2cc(F)c(C(=O)NCc3ccc(Cl)cc3)cc2O[C@H]2CCN3C(=O)OC[C@@H]3C2)no1. The maximum absolute atomic E-state index is 15.2. The third kappa shape index (κ3) is 5.52. The van der Waals surface area contributed by atoms with Crippen LogP contribution in [0.15, 0.2) is 40.9 Å². The van der Waals surface area contributed by atoms with Gasteiger partial charge in [0.2, 0.25) is 5.82 Å². The molecule has 2 fully saturated rings. The van der Waals surface area contributed by atoms with Gasteiger partial charge in [0.15, 0.2) is 0 Å². The Labute approximate surface area is 216 Å². The molecule has 0 bridgehead atoms. The van der Waals surface area contributed by atoms with E-state index in [0.29, 0.717) is 31.0 Å². The van der Waals surface area contributed by atoms with E-state index in [-0.39, 0.29) is 60.0 Å². The summed E-state index contributed by atoms with van der Waals surface area (Å²) in [5.74, 6) is -0.832. The first kappa shape index (κ1) is 25.0. The molecule has 0 unspecified atom stereocenters. The van der Waals surface area contributed by atoms with E-state index in [1.807, 2.05) is 0 Å². The van der Waals surface area contributed by atoms with E-state index in [1.54, 1.807) is 29.2 Å². The lowest BCUT2D eigenvalue weighted by atomic mass is 10.0. The molecule has 0 aliphatic carbocycles. The lowest BCUT2D eigenvalue weighted by Crippen LogP contribution is -2.44. The number of hydrogen-bond donors (Lipinski definition) is 1. The molecule has 0 spiro atoms. The van der Waals surface area contributed by atoms with Crippen LogP contribution in [-0.4, -0.2) is 59.4 Å². The van der Waals surface area contributed by atoms with Crippen molar-refractivity contribution < 1.29 is 32.7 Å². The average molecular weight is 531 g/mol. The number of fused-ring (bicyclic) bond motifs is 1. The van der Waals surface area contributed by atoms with Crippen molar-refractivity contribution in [1.82, 2.24) is 20.4 Å². The van der Waals surface area contributed by atoms with Gasteiger partial charge in [0.05, 0.1) is 17.2 Å². The molecule has 2 atom stereocenters. The van der Waals surface area contributed by atoms with Gasteiger partial charge in [-0.25, -0.2) is 9.18 Å². The Bertz CT molecular complexity index is 1300. The monoisotopic (exact) mass is 530 g/mol. The molecule has 3 aromatic rings. The van der Waals surface area contributed by atoms with Gasteiger partial charge in [-0.2, -0.15) is 4.98 Å². The summed E-state index contributed by atoms with van der Waals surface area (Å²) >= 11 is 5.91. The first-order chi connectivity index (χ1) is 17.9. The maximum Gasteiger partial charge on any atom is 0.410 e. The van der Waals surface area contributed by atoms with Crippen molar-refractivity contribution in [2.24, 2.45) is 0 Å². The number of rotatable bonds is 8. The predicted molar refractivity (Wildman–Crippen MR) is 129 cm³/mol. The highest BCUT2D eigenvalue weighted by molar-refractivity contribution is 6.30. The molecule has 0 saturated carbocycles. The maximum atomic E-state index is 15.2. The van der Waals surface area contributed by atoms with E-state index in [2.05, 4.69) is 15.5 Å². The third-order valence-corrected chi connectivity index (χ3v) is 6.50. The number of benzene rings is 2. The summed E-state index contributed by atoms with van der Waals surface area (Å²) in [6.45, 7) is 1.04. The number of hydrogen-bond acceptors (Lipinski definition) is 8. The van der Waals surface area contributed by atoms with Crippen molar-refractivity contribution >= 4 is 23.6 Å². The number of carbonyl (C=O) groups is 2. The van der Waals surface area contributed by atoms with Crippen LogP contribution in [-0.2, 0) is 22.6 Å². The fourth-order valence-corrected chi connectivity index (χ4v) is 4.50. The van der Waals surface area contributed by atoms with Gasteiger partial charge in [-0.3, -0.25) is 4.79 Å². The summed E-state index contributed by atoms with van der Waals surface area (Å²) in [6.07, 6.45) is 0.446. The minimum absolute atomic E-state index is 0.0883. The number of amides is 2. The Morgan fingerprint density at radius 3 is 2.89 bits per heavy atom. The van der Waals surface area contributed by atoms with E-state index in [0.717, 1.165) is 11.6 Å². The minimum Gasteiger partial charge on any atom is -0.489 e. The number of methoxy groups -OCH3 is 1. The molecular weight excluding hydrogens is 507 g/mol. The lowest BCUT2D eigenvalue weighted by molar-refractivity contribution is 0.0915. The fourth-order valence-electron chi connectivity index (χ4n) is 4.38. The molecule has 1 aromatic heterocycles. The van der Waals surface area contributed by atoms with Crippen molar-refractivity contribution in [3.8, 4) is 17.1 Å². The van der Waals surface area contributed by atoms with Crippen LogP contribution >= 0.6 is 11.6 Å². The second-order valence-corrected chi connectivity index (χ2v) is 9.21. The Morgan fingerprint density at radius 2 is 2.11 bits per heavy atom. The van der Waals surface area contributed by atoms with Gasteiger partial charge in [0.25, 0.3) is 11.8 Å². The number of ether oxygens (including phenoxy) is 3. The fraction of sp³-hybridized carbons (Fsp3) is 0.360. The highest BCUT2D eigenvalue weighted by Crippen LogP contribution is 2.34. The van der Waals surface area contributed by atoms with Gasteiger partial charge >= 0.3 is 6.09 Å². The number of halogens is 2. The standard InChI is InChI=1S/C25H24ClFN4O6/c1-34-13-22-29-23(30-37-22)19-9-20(27)18(24(32)28-11-14-2-4-15(26)5-3-14)10-21(19)36-17-6-7-31-16(8-17)12-35-25(31)33/h2-5,9-10,16-17H,6-8,11-13H2,1H3,(H,28,32)/t16-,17-/m0/s1. The van der Waals surface area contributed by atoms with Crippen LogP contribution < -0.4 is 10.1 Å². The Kier molecular flexibility index (Phi) is 7.24. The zero-order valence-corrected chi connectivity index (χ0v) is 20.7. The third-order valence-electron chi connectivity index (χ3n) is 6.25. The second kappa shape index (κ2) is 10.7. The molecule has 12 heteroatoms. The molecule has 2 aromatic carbocycles. The van der Waals surface area contributed by atoms with Crippen LogP contribution in [0.4, 0.5) is 9.18 Å². The van der Waals surface area contributed by atoms with Crippen molar-refractivity contribution in [2.45, 2.75) is 38.1 Å². The van der Waals surface area contributed by atoms with Crippen LogP contribution in [0.5, 0.6) is 5.75 Å². The molecule has 0 radical (unpaired) electrons. The van der Waals surface area contributed by atoms with Gasteiger partial charge in [-0.1, -0.05) is 28.9 Å². The molecule has 2 amide bonds. The molecule has 2 aliphatic rings. The van der Waals surface area contributed by atoms with Crippen molar-refractivity contribution in [3.63, 3.8) is 0 Å². The molecule has 194 valence electrons. The van der Waals surface area contributed by atoms with Gasteiger partial charge < -0.3 is 29.0 Å². The number of carbonyl (C=O) groups excluding carboxylic acids is 2. The normalized spacial score (nSPS) is 18.9.